The zero-order valence-electron chi connectivity index (χ0n) is 10.7. The lowest BCUT2D eigenvalue weighted by atomic mass is 10.2. The number of benzene rings is 1. The number of amidine groups is 1. The zero-order chi connectivity index (χ0) is 14.7. The van der Waals surface area contributed by atoms with Crippen molar-refractivity contribution in [3.05, 3.63) is 33.3 Å². The van der Waals surface area contributed by atoms with E-state index in [1.807, 2.05) is 0 Å². The summed E-state index contributed by atoms with van der Waals surface area (Å²) in [5.74, 6) is 0.0559. The van der Waals surface area contributed by atoms with Gasteiger partial charge in [-0.2, -0.15) is 0 Å². The first kappa shape index (κ1) is 15.1. The van der Waals surface area contributed by atoms with Gasteiger partial charge >= 0.3 is 0 Å². The molecule has 1 aliphatic carbocycles. The Morgan fingerprint density at radius 3 is 2.80 bits per heavy atom. The van der Waals surface area contributed by atoms with E-state index in [1.54, 1.807) is 23.1 Å². The van der Waals surface area contributed by atoms with Gasteiger partial charge in [-0.15, -0.1) is 0 Å². The number of carbonyl (C=O) groups excluding carboxylic acids is 1. The van der Waals surface area contributed by atoms with Gasteiger partial charge in [0, 0.05) is 28.5 Å². The minimum absolute atomic E-state index is 0.0678. The highest BCUT2D eigenvalue weighted by Crippen LogP contribution is 2.30. The third-order valence-electron chi connectivity index (χ3n) is 3.15. The van der Waals surface area contributed by atoms with Gasteiger partial charge in [-0.3, -0.25) is 4.79 Å². The standard InChI is InChI=1S/C13H15BrClN3O2/c14-11-7-8(15)1-4-10(11)13(19)18(9-2-3-9)6-5-12(16)17-20/h1,4,7,9,20H,2-3,5-6H2,(H2,16,17). The molecule has 20 heavy (non-hydrogen) atoms. The van der Waals surface area contributed by atoms with E-state index >= 15 is 0 Å². The first-order valence-corrected chi connectivity index (χ1v) is 7.42. The van der Waals surface area contributed by atoms with Gasteiger partial charge < -0.3 is 15.8 Å². The maximum atomic E-state index is 12.6. The Hall–Kier alpha value is -1.27. The molecule has 1 aromatic carbocycles. The molecule has 1 fully saturated rings. The molecule has 1 saturated carbocycles. The number of halogens is 2. The fourth-order valence-electron chi connectivity index (χ4n) is 1.94. The summed E-state index contributed by atoms with van der Waals surface area (Å²) in [5.41, 5.74) is 6.04. The Labute approximate surface area is 130 Å². The maximum absolute atomic E-state index is 12.6. The van der Waals surface area contributed by atoms with Gasteiger partial charge in [0.15, 0.2) is 0 Å². The maximum Gasteiger partial charge on any atom is 0.255 e. The second kappa shape index (κ2) is 6.45. The highest BCUT2D eigenvalue weighted by atomic mass is 79.9. The van der Waals surface area contributed by atoms with Crippen LogP contribution in [-0.2, 0) is 0 Å². The average molecular weight is 361 g/mol. The smallest absolute Gasteiger partial charge is 0.255 e. The molecule has 0 bridgehead atoms. The molecular formula is C13H15BrClN3O2. The normalized spacial score (nSPS) is 15.2. The van der Waals surface area contributed by atoms with Crippen LogP contribution in [0.15, 0.2) is 27.8 Å². The van der Waals surface area contributed by atoms with Crippen molar-refractivity contribution in [2.75, 3.05) is 6.54 Å². The van der Waals surface area contributed by atoms with Crippen molar-refractivity contribution in [3.63, 3.8) is 0 Å². The Morgan fingerprint density at radius 2 is 2.25 bits per heavy atom. The Kier molecular flexibility index (Phi) is 4.88. The Balaban J connectivity index is 2.14. The van der Waals surface area contributed by atoms with Gasteiger partial charge in [-0.05, 0) is 47.0 Å². The molecule has 1 aliphatic rings. The Bertz CT molecular complexity index is 546. The quantitative estimate of drug-likeness (QED) is 0.367. The fraction of sp³-hybridized carbons (Fsp3) is 0.385. The highest BCUT2D eigenvalue weighted by Gasteiger charge is 2.33. The summed E-state index contributed by atoms with van der Waals surface area (Å²) in [5, 5.41) is 12.1. The fourth-order valence-corrected chi connectivity index (χ4v) is 2.79. The van der Waals surface area contributed by atoms with Crippen molar-refractivity contribution in [2.24, 2.45) is 10.9 Å². The molecule has 1 amide bonds. The molecule has 0 spiro atoms. The third kappa shape index (κ3) is 3.64. The third-order valence-corrected chi connectivity index (χ3v) is 4.04. The number of hydrogen-bond acceptors (Lipinski definition) is 3. The molecule has 0 aliphatic heterocycles. The van der Waals surface area contributed by atoms with Crippen LogP contribution in [0.25, 0.3) is 0 Å². The van der Waals surface area contributed by atoms with Crippen molar-refractivity contribution in [1.82, 2.24) is 4.90 Å². The van der Waals surface area contributed by atoms with Crippen molar-refractivity contribution in [2.45, 2.75) is 25.3 Å². The topological polar surface area (TPSA) is 78.9 Å². The molecular weight excluding hydrogens is 346 g/mol. The molecule has 0 saturated heterocycles. The lowest BCUT2D eigenvalue weighted by Gasteiger charge is -2.22. The summed E-state index contributed by atoms with van der Waals surface area (Å²) in [6.45, 7) is 0.439. The van der Waals surface area contributed by atoms with Crippen LogP contribution < -0.4 is 5.73 Å². The van der Waals surface area contributed by atoms with Gasteiger partial charge in [0.1, 0.15) is 5.84 Å². The number of hydrogen-bond donors (Lipinski definition) is 2. The molecule has 108 valence electrons. The number of rotatable bonds is 5. The summed E-state index contributed by atoms with van der Waals surface area (Å²) in [6, 6.07) is 5.34. The van der Waals surface area contributed by atoms with E-state index in [9.17, 15) is 4.79 Å². The molecule has 0 atom stereocenters. The SMILES string of the molecule is N/C(CCN(C(=O)c1ccc(Cl)cc1Br)C1CC1)=N/O. The van der Waals surface area contributed by atoms with E-state index in [4.69, 9.17) is 22.5 Å². The van der Waals surface area contributed by atoms with Crippen LogP contribution in [0.5, 0.6) is 0 Å². The number of nitrogens with zero attached hydrogens (tertiary/aromatic N) is 2. The van der Waals surface area contributed by atoms with Crippen molar-refractivity contribution in [3.8, 4) is 0 Å². The largest absolute Gasteiger partial charge is 0.409 e. The van der Waals surface area contributed by atoms with E-state index in [-0.39, 0.29) is 17.8 Å². The van der Waals surface area contributed by atoms with Crippen LogP contribution >= 0.6 is 27.5 Å². The van der Waals surface area contributed by atoms with Gasteiger partial charge in [-0.25, -0.2) is 0 Å². The number of carbonyl (C=O) groups is 1. The summed E-state index contributed by atoms with van der Waals surface area (Å²) in [6.07, 6.45) is 2.34. The lowest BCUT2D eigenvalue weighted by Crippen LogP contribution is -2.36. The minimum Gasteiger partial charge on any atom is -0.409 e. The first-order chi connectivity index (χ1) is 9.52. The molecule has 7 heteroatoms. The average Bonchev–Trinajstić information content (AvgIpc) is 3.23. The summed E-state index contributed by atoms with van der Waals surface area (Å²) in [4.78, 5) is 14.3. The van der Waals surface area contributed by atoms with Crippen LogP contribution in [-0.4, -0.2) is 34.4 Å². The van der Waals surface area contributed by atoms with Gasteiger partial charge in [-0.1, -0.05) is 16.8 Å². The summed E-state index contributed by atoms with van der Waals surface area (Å²) in [7, 11) is 0. The highest BCUT2D eigenvalue weighted by molar-refractivity contribution is 9.10. The molecule has 0 radical (unpaired) electrons. The van der Waals surface area contributed by atoms with E-state index in [1.165, 1.54) is 0 Å². The van der Waals surface area contributed by atoms with Crippen LogP contribution in [0.1, 0.15) is 29.6 Å². The van der Waals surface area contributed by atoms with Crippen LogP contribution in [0.4, 0.5) is 0 Å². The molecule has 5 nitrogen and oxygen atoms in total. The van der Waals surface area contributed by atoms with Crippen molar-refractivity contribution < 1.29 is 10.0 Å². The van der Waals surface area contributed by atoms with Crippen LogP contribution in [0.3, 0.4) is 0 Å². The first-order valence-electron chi connectivity index (χ1n) is 6.25. The summed E-state index contributed by atoms with van der Waals surface area (Å²) < 4.78 is 0.671. The predicted octanol–water partition coefficient (Wildman–Crippen LogP) is 2.84. The van der Waals surface area contributed by atoms with Crippen LogP contribution in [0.2, 0.25) is 5.02 Å². The van der Waals surface area contributed by atoms with E-state index < -0.39 is 0 Å². The monoisotopic (exact) mass is 359 g/mol. The van der Waals surface area contributed by atoms with E-state index in [2.05, 4.69) is 21.1 Å². The van der Waals surface area contributed by atoms with E-state index in [0.717, 1.165) is 12.8 Å². The van der Waals surface area contributed by atoms with E-state index in [0.29, 0.717) is 28.0 Å². The lowest BCUT2D eigenvalue weighted by molar-refractivity contribution is 0.0746. The number of oxime groups is 1. The van der Waals surface area contributed by atoms with Gasteiger partial charge in [0.05, 0.1) is 5.56 Å². The molecule has 3 N–H and O–H groups in total. The molecule has 0 unspecified atom stereocenters. The number of nitrogens with two attached hydrogens (primary N) is 1. The van der Waals surface area contributed by atoms with Crippen molar-refractivity contribution >= 4 is 39.3 Å². The zero-order valence-corrected chi connectivity index (χ0v) is 13.1. The van der Waals surface area contributed by atoms with Gasteiger partial charge in [0.2, 0.25) is 0 Å². The number of amides is 1. The molecule has 0 heterocycles. The molecule has 0 aromatic heterocycles. The minimum atomic E-state index is -0.0678. The van der Waals surface area contributed by atoms with Crippen molar-refractivity contribution in [1.29, 1.82) is 0 Å². The second-order valence-electron chi connectivity index (χ2n) is 4.70. The van der Waals surface area contributed by atoms with Crippen LogP contribution in [0, 0.1) is 0 Å². The summed E-state index contributed by atoms with van der Waals surface area (Å²) >= 11 is 9.24. The molecule has 2 rings (SSSR count). The predicted molar refractivity (Wildman–Crippen MR) is 81.2 cm³/mol. The Morgan fingerprint density at radius 1 is 1.55 bits per heavy atom. The van der Waals surface area contributed by atoms with Gasteiger partial charge in [0.25, 0.3) is 5.91 Å². The second-order valence-corrected chi connectivity index (χ2v) is 5.99. The molecule has 1 aromatic rings.